The molecule has 86 valence electrons. The van der Waals surface area contributed by atoms with Crippen LogP contribution in [-0.2, 0) is 22.6 Å². The number of para-hydroxylation sites is 1. The maximum absolute atomic E-state index is 11.7. The van der Waals surface area contributed by atoms with Crippen molar-refractivity contribution in [2.24, 2.45) is 0 Å². The fourth-order valence-electron chi connectivity index (χ4n) is 2.41. The fourth-order valence-corrected chi connectivity index (χ4v) is 2.41. The van der Waals surface area contributed by atoms with E-state index in [1.807, 2.05) is 24.3 Å². The van der Waals surface area contributed by atoms with E-state index in [-0.39, 0.29) is 24.9 Å². The second-order valence-corrected chi connectivity index (χ2v) is 4.13. The van der Waals surface area contributed by atoms with E-state index in [0.717, 1.165) is 22.2 Å². The number of aromatic nitrogens is 1. The van der Waals surface area contributed by atoms with Gasteiger partial charge in [-0.05, 0) is 11.6 Å². The quantitative estimate of drug-likeness (QED) is 0.648. The molecule has 17 heavy (non-hydrogen) atoms. The van der Waals surface area contributed by atoms with Crippen LogP contribution in [0.4, 0.5) is 0 Å². The highest BCUT2D eigenvalue weighted by molar-refractivity contribution is 5.97. The topological polar surface area (TPSA) is 48.3 Å². The second-order valence-electron chi connectivity index (χ2n) is 4.13. The summed E-state index contributed by atoms with van der Waals surface area (Å²) in [5.74, 6) is -0.288. The average molecular weight is 229 g/mol. The van der Waals surface area contributed by atoms with Gasteiger partial charge in [0, 0.05) is 12.3 Å². The van der Waals surface area contributed by atoms with Crippen LogP contribution in [0, 0.1) is 0 Å². The van der Waals surface area contributed by atoms with E-state index in [1.54, 1.807) is 4.57 Å². The standard InChI is InChI=1S/C13H11NO3/c1-8(15)14-11-5-3-2-4-9(11)10-6-13(16)17-7-12(10)14/h2-5H,6-7H2,1H3. The highest BCUT2D eigenvalue weighted by Gasteiger charge is 2.25. The number of carbonyl (C=O) groups is 2. The first-order valence-electron chi connectivity index (χ1n) is 5.46. The molecule has 2 aromatic rings. The van der Waals surface area contributed by atoms with E-state index in [2.05, 4.69) is 0 Å². The van der Waals surface area contributed by atoms with E-state index in [4.69, 9.17) is 4.74 Å². The highest BCUT2D eigenvalue weighted by atomic mass is 16.5. The van der Waals surface area contributed by atoms with Crippen molar-refractivity contribution in [1.29, 1.82) is 0 Å². The van der Waals surface area contributed by atoms with Crippen LogP contribution in [-0.4, -0.2) is 16.4 Å². The minimum absolute atomic E-state index is 0.0552. The lowest BCUT2D eigenvalue weighted by Crippen LogP contribution is -2.19. The normalized spacial score (nSPS) is 14.5. The fraction of sp³-hybridized carbons (Fsp3) is 0.231. The molecule has 0 aliphatic carbocycles. The Bertz CT molecular complexity index is 639. The molecular formula is C13H11NO3. The Balaban J connectivity index is 2.40. The Kier molecular flexibility index (Phi) is 2.04. The largest absolute Gasteiger partial charge is 0.459 e. The van der Waals surface area contributed by atoms with Crippen LogP contribution in [0.25, 0.3) is 10.9 Å². The van der Waals surface area contributed by atoms with Gasteiger partial charge in [-0.15, -0.1) is 0 Å². The molecule has 0 bridgehead atoms. The number of cyclic esters (lactones) is 1. The van der Waals surface area contributed by atoms with E-state index in [9.17, 15) is 9.59 Å². The maximum Gasteiger partial charge on any atom is 0.310 e. The van der Waals surface area contributed by atoms with Crippen molar-refractivity contribution in [2.45, 2.75) is 20.0 Å². The van der Waals surface area contributed by atoms with Crippen molar-refractivity contribution in [1.82, 2.24) is 4.57 Å². The lowest BCUT2D eigenvalue weighted by atomic mass is 10.1. The van der Waals surface area contributed by atoms with Gasteiger partial charge in [0.25, 0.3) is 0 Å². The molecule has 0 amide bonds. The monoisotopic (exact) mass is 229 g/mol. The lowest BCUT2D eigenvalue weighted by Gasteiger charge is -2.14. The van der Waals surface area contributed by atoms with Gasteiger partial charge in [-0.3, -0.25) is 14.2 Å². The number of benzene rings is 1. The van der Waals surface area contributed by atoms with Gasteiger partial charge in [0.1, 0.15) is 6.61 Å². The summed E-state index contributed by atoms with van der Waals surface area (Å²) in [4.78, 5) is 23.0. The van der Waals surface area contributed by atoms with E-state index >= 15 is 0 Å². The molecule has 2 heterocycles. The minimum atomic E-state index is -0.232. The molecule has 0 fully saturated rings. The van der Waals surface area contributed by atoms with Crippen molar-refractivity contribution < 1.29 is 14.3 Å². The van der Waals surface area contributed by atoms with E-state index in [0.29, 0.717) is 0 Å². The SMILES string of the molecule is CC(=O)n1c2c(c3ccccc31)CC(=O)OC2. The number of rotatable bonds is 0. The first-order valence-corrected chi connectivity index (χ1v) is 5.46. The van der Waals surface area contributed by atoms with Crippen LogP contribution in [0.1, 0.15) is 23.0 Å². The molecule has 0 atom stereocenters. The third-order valence-electron chi connectivity index (χ3n) is 3.09. The summed E-state index contributed by atoms with van der Waals surface area (Å²) in [5.41, 5.74) is 2.58. The zero-order valence-corrected chi connectivity index (χ0v) is 9.40. The number of fused-ring (bicyclic) bond motifs is 3. The molecule has 0 spiro atoms. The van der Waals surface area contributed by atoms with Crippen LogP contribution >= 0.6 is 0 Å². The third-order valence-corrected chi connectivity index (χ3v) is 3.09. The van der Waals surface area contributed by atoms with Crippen molar-refractivity contribution in [3.8, 4) is 0 Å². The summed E-state index contributed by atoms with van der Waals surface area (Å²) in [5, 5.41) is 0.967. The minimum Gasteiger partial charge on any atom is -0.459 e. The first kappa shape index (κ1) is 10.1. The lowest BCUT2D eigenvalue weighted by molar-refractivity contribution is -0.145. The number of hydrogen-bond acceptors (Lipinski definition) is 3. The molecular weight excluding hydrogens is 218 g/mol. The predicted octanol–water partition coefficient (Wildman–Crippen LogP) is 1.90. The molecule has 0 saturated heterocycles. The van der Waals surface area contributed by atoms with Gasteiger partial charge >= 0.3 is 5.97 Å². The number of hydrogen-bond donors (Lipinski definition) is 0. The summed E-state index contributed by atoms with van der Waals surface area (Å²) < 4.78 is 6.65. The summed E-state index contributed by atoms with van der Waals surface area (Å²) >= 11 is 0. The molecule has 1 aromatic carbocycles. The van der Waals surface area contributed by atoms with Crippen LogP contribution in [0.5, 0.6) is 0 Å². The number of carbonyl (C=O) groups excluding carboxylic acids is 2. The van der Waals surface area contributed by atoms with E-state index in [1.165, 1.54) is 6.92 Å². The molecule has 0 N–H and O–H groups in total. The Hall–Kier alpha value is -2.10. The Morgan fingerprint density at radius 3 is 2.88 bits per heavy atom. The molecule has 4 heteroatoms. The molecule has 3 rings (SSSR count). The van der Waals surface area contributed by atoms with Gasteiger partial charge in [0.05, 0.1) is 17.6 Å². The van der Waals surface area contributed by atoms with Gasteiger partial charge in [-0.1, -0.05) is 18.2 Å². The van der Waals surface area contributed by atoms with Crippen LogP contribution < -0.4 is 0 Å². The zero-order valence-electron chi connectivity index (χ0n) is 9.40. The second kappa shape index (κ2) is 3.45. The van der Waals surface area contributed by atoms with E-state index < -0.39 is 0 Å². The number of nitrogens with zero attached hydrogens (tertiary/aromatic N) is 1. The smallest absolute Gasteiger partial charge is 0.310 e. The molecule has 4 nitrogen and oxygen atoms in total. The van der Waals surface area contributed by atoms with Crippen LogP contribution in [0.15, 0.2) is 24.3 Å². The maximum atomic E-state index is 11.7. The van der Waals surface area contributed by atoms with Gasteiger partial charge in [-0.25, -0.2) is 0 Å². The third kappa shape index (κ3) is 1.37. The molecule has 1 aliphatic heterocycles. The van der Waals surface area contributed by atoms with Gasteiger partial charge < -0.3 is 4.74 Å². The van der Waals surface area contributed by atoms with Gasteiger partial charge in [-0.2, -0.15) is 0 Å². The summed E-state index contributed by atoms with van der Waals surface area (Å²) in [6, 6.07) is 7.62. The predicted molar refractivity (Wildman–Crippen MR) is 61.7 cm³/mol. The Morgan fingerprint density at radius 1 is 1.35 bits per heavy atom. The van der Waals surface area contributed by atoms with Crippen molar-refractivity contribution in [3.05, 3.63) is 35.5 Å². The Morgan fingerprint density at radius 2 is 2.12 bits per heavy atom. The highest BCUT2D eigenvalue weighted by Crippen LogP contribution is 2.30. The number of esters is 1. The Labute approximate surface area is 97.8 Å². The van der Waals surface area contributed by atoms with Crippen LogP contribution in [0.3, 0.4) is 0 Å². The van der Waals surface area contributed by atoms with Gasteiger partial charge in [0.2, 0.25) is 5.91 Å². The molecule has 0 saturated carbocycles. The first-order chi connectivity index (χ1) is 8.18. The average Bonchev–Trinajstić information content (AvgIpc) is 2.63. The number of ether oxygens (including phenoxy) is 1. The summed E-state index contributed by atoms with van der Waals surface area (Å²) in [6.07, 6.45) is 0.246. The van der Waals surface area contributed by atoms with Crippen molar-refractivity contribution >= 4 is 22.8 Å². The molecule has 0 radical (unpaired) electrons. The van der Waals surface area contributed by atoms with Crippen molar-refractivity contribution in [3.63, 3.8) is 0 Å². The summed E-state index contributed by atoms with van der Waals surface area (Å²) in [6.45, 7) is 1.70. The van der Waals surface area contributed by atoms with Gasteiger partial charge in [0.15, 0.2) is 0 Å². The summed E-state index contributed by atoms with van der Waals surface area (Å²) in [7, 11) is 0. The molecule has 1 aliphatic rings. The van der Waals surface area contributed by atoms with Crippen molar-refractivity contribution in [2.75, 3.05) is 0 Å². The van der Waals surface area contributed by atoms with Crippen LogP contribution in [0.2, 0.25) is 0 Å². The zero-order chi connectivity index (χ0) is 12.0. The molecule has 0 unspecified atom stereocenters. The molecule has 1 aromatic heterocycles.